The van der Waals surface area contributed by atoms with Crippen molar-refractivity contribution in [3.8, 4) is 17.2 Å². The highest BCUT2D eigenvalue weighted by molar-refractivity contribution is 5.86. The van der Waals surface area contributed by atoms with Gasteiger partial charge >= 0.3 is 0 Å². The van der Waals surface area contributed by atoms with Crippen LogP contribution >= 0.6 is 0 Å². The molecule has 0 fully saturated rings. The molecule has 1 atom stereocenters. The maximum atomic E-state index is 8.99. The van der Waals surface area contributed by atoms with Gasteiger partial charge in [-0.25, -0.2) is 0 Å². The summed E-state index contributed by atoms with van der Waals surface area (Å²) in [6, 6.07) is 3.83. The number of aliphatic hydroxyl groups excluding tert-OH is 1. The van der Waals surface area contributed by atoms with Crippen LogP contribution in [0.4, 0.5) is 0 Å². The fraction of sp³-hybridized carbons (Fsp3) is 0.462. The zero-order valence-corrected chi connectivity index (χ0v) is 10.6. The number of hydrogen-bond donors (Lipinski definition) is 1. The first-order valence-electron chi connectivity index (χ1n) is 6.09. The van der Waals surface area contributed by atoms with E-state index >= 15 is 0 Å². The molecule has 6 nitrogen and oxygen atoms in total. The first kappa shape index (κ1) is 12.1. The number of nitrogens with zero attached hydrogens (tertiary/aromatic N) is 1. The van der Waals surface area contributed by atoms with Crippen molar-refractivity contribution in [1.29, 1.82) is 0 Å². The van der Waals surface area contributed by atoms with Gasteiger partial charge in [0.1, 0.15) is 6.10 Å². The van der Waals surface area contributed by atoms with Crippen molar-refractivity contribution in [2.75, 3.05) is 20.5 Å². The Hall–Kier alpha value is -1.95. The van der Waals surface area contributed by atoms with E-state index in [0.717, 1.165) is 5.56 Å². The Morgan fingerprint density at radius 2 is 2.32 bits per heavy atom. The zero-order chi connectivity index (χ0) is 13.2. The van der Waals surface area contributed by atoms with E-state index in [0.29, 0.717) is 35.8 Å². The molecule has 6 heteroatoms. The average molecular weight is 265 g/mol. The number of fused-ring (bicyclic) bond motifs is 1. The minimum absolute atomic E-state index is 0.0489. The van der Waals surface area contributed by atoms with E-state index in [1.807, 2.05) is 12.1 Å². The molecule has 1 aromatic carbocycles. The van der Waals surface area contributed by atoms with Gasteiger partial charge < -0.3 is 24.2 Å². The molecule has 1 aromatic rings. The van der Waals surface area contributed by atoms with E-state index in [2.05, 4.69) is 5.16 Å². The molecule has 2 aliphatic heterocycles. The van der Waals surface area contributed by atoms with E-state index in [1.165, 1.54) is 0 Å². The number of rotatable bonds is 4. The molecule has 2 heterocycles. The second kappa shape index (κ2) is 4.97. The summed E-state index contributed by atoms with van der Waals surface area (Å²) >= 11 is 0. The number of oxime groups is 1. The molecule has 3 rings (SSSR count). The summed E-state index contributed by atoms with van der Waals surface area (Å²) in [6.07, 6.45) is 1.28. The lowest BCUT2D eigenvalue weighted by molar-refractivity contribution is 0.0858. The molecule has 0 unspecified atom stereocenters. The Morgan fingerprint density at radius 3 is 3.05 bits per heavy atom. The van der Waals surface area contributed by atoms with Crippen LogP contribution in [0.2, 0.25) is 0 Å². The summed E-state index contributed by atoms with van der Waals surface area (Å²) in [4.78, 5) is 5.27. The molecule has 102 valence electrons. The highest BCUT2D eigenvalue weighted by Gasteiger charge is 2.24. The standard InChI is InChI=1S/C13H15NO5/c1-16-11-3-8(4-12-13(11)18-7-17-12)2-10-5-9(6-15)14-19-10/h3-4,10,15H,2,5-7H2,1H3/t10-/m0/s1. The van der Waals surface area contributed by atoms with Crippen molar-refractivity contribution >= 4 is 5.71 Å². The predicted molar refractivity (Wildman–Crippen MR) is 66.8 cm³/mol. The first-order chi connectivity index (χ1) is 9.30. The van der Waals surface area contributed by atoms with Gasteiger partial charge in [-0.1, -0.05) is 5.16 Å². The summed E-state index contributed by atoms with van der Waals surface area (Å²) in [5.41, 5.74) is 1.71. The Balaban J connectivity index is 1.75. The van der Waals surface area contributed by atoms with Crippen molar-refractivity contribution in [3.63, 3.8) is 0 Å². The molecule has 0 radical (unpaired) electrons. The largest absolute Gasteiger partial charge is 0.493 e. The average Bonchev–Trinajstić information content (AvgIpc) is 3.06. The molecule has 0 aromatic heterocycles. The fourth-order valence-corrected chi connectivity index (χ4v) is 2.25. The molecule has 0 spiro atoms. The van der Waals surface area contributed by atoms with Crippen molar-refractivity contribution in [1.82, 2.24) is 0 Å². The molecule has 0 amide bonds. The van der Waals surface area contributed by atoms with Gasteiger partial charge in [-0.15, -0.1) is 0 Å². The van der Waals surface area contributed by atoms with Crippen LogP contribution in [0.15, 0.2) is 17.3 Å². The SMILES string of the molecule is COc1cc(C[C@H]2CC(CO)=NO2)cc2c1OCO2. The quantitative estimate of drug-likeness (QED) is 0.883. The lowest BCUT2D eigenvalue weighted by Gasteiger charge is -2.11. The zero-order valence-electron chi connectivity index (χ0n) is 10.6. The molecule has 0 bridgehead atoms. The van der Waals surface area contributed by atoms with Gasteiger partial charge in [-0.2, -0.15) is 0 Å². The highest BCUT2D eigenvalue weighted by Crippen LogP contribution is 2.42. The molecule has 19 heavy (non-hydrogen) atoms. The van der Waals surface area contributed by atoms with Crippen LogP contribution in [0, 0.1) is 0 Å². The van der Waals surface area contributed by atoms with Crippen molar-refractivity contribution in [3.05, 3.63) is 17.7 Å². The second-order valence-corrected chi connectivity index (χ2v) is 4.48. The van der Waals surface area contributed by atoms with Gasteiger partial charge in [-0.3, -0.25) is 0 Å². The van der Waals surface area contributed by atoms with E-state index in [4.69, 9.17) is 24.2 Å². The van der Waals surface area contributed by atoms with Crippen molar-refractivity contribution in [2.45, 2.75) is 18.9 Å². The first-order valence-corrected chi connectivity index (χ1v) is 6.09. The van der Waals surface area contributed by atoms with Crippen LogP contribution in [0.1, 0.15) is 12.0 Å². The monoisotopic (exact) mass is 265 g/mol. The maximum absolute atomic E-state index is 8.99. The van der Waals surface area contributed by atoms with Gasteiger partial charge in [0.2, 0.25) is 12.5 Å². The van der Waals surface area contributed by atoms with E-state index in [9.17, 15) is 0 Å². The summed E-state index contributed by atoms with van der Waals surface area (Å²) in [7, 11) is 1.60. The topological polar surface area (TPSA) is 69.5 Å². The summed E-state index contributed by atoms with van der Waals surface area (Å²) in [5.74, 6) is 1.99. The van der Waals surface area contributed by atoms with Gasteiger partial charge in [0.05, 0.1) is 19.4 Å². The third kappa shape index (κ3) is 2.31. The molecule has 1 N–H and O–H groups in total. The summed E-state index contributed by atoms with van der Waals surface area (Å²) < 4.78 is 16.0. The Morgan fingerprint density at radius 1 is 1.42 bits per heavy atom. The Kier molecular flexibility index (Phi) is 3.16. The summed E-state index contributed by atoms with van der Waals surface area (Å²) in [6.45, 7) is 0.161. The molecular formula is C13H15NO5. The van der Waals surface area contributed by atoms with Crippen molar-refractivity contribution < 1.29 is 24.2 Å². The fourth-order valence-electron chi connectivity index (χ4n) is 2.25. The Bertz CT molecular complexity index is 514. The molecule has 2 aliphatic rings. The molecular weight excluding hydrogens is 250 g/mol. The van der Waals surface area contributed by atoms with E-state index in [1.54, 1.807) is 7.11 Å². The third-order valence-corrected chi connectivity index (χ3v) is 3.16. The Labute approximate surface area is 110 Å². The third-order valence-electron chi connectivity index (χ3n) is 3.16. The molecule has 0 aliphatic carbocycles. The maximum Gasteiger partial charge on any atom is 0.231 e. The van der Waals surface area contributed by atoms with E-state index in [-0.39, 0.29) is 19.5 Å². The summed E-state index contributed by atoms with van der Waals surface area (Å²) in [5, 5.41) is 12.8. The lowest BCUT2D eigenvalue weighted by Crippen LogP contribution is -2.12. The van der Waals surface area contributed by atoms with Crippen LogP contribution in [0.5, 0.6) is 17.2 Å². The minimum Gasteiger partial charge on any atom is -0.493 e. The molecule has 0 saturated carbocycles. The predicted octanol–water partition coefficient (Wildman–Crippen LogP) is 1.10. The van der Waals surface area contributed by atoms with Crippen LogP contribution in [0.25, 0.3) is 0 Å². The van der Waals surface area contributed by atoms with Crippen LogP contribution in [-0.4, -0.2) is 37.4 Å². The van der Waals surface area contributed by atoms with Crippen LogP contribution < -0.4 is 14.2 Å². The van der Waals surface area contributed by atoms with Gasteiger partial charge in [0.25, 0.3) is 0 Å². The van der Waals surface area contributed by atoms with Crippen LogP contribution in [0.3, 0.4) is 0 Å². The molecule has 0 saturated heterocycles. The number of methoxy groups -OCH3 is 1. The number of benzene rings is 1. The van der Waals surface area contributed by atoms with Crippen molar-refractivity contribution in [2.24, 2.45) is 5.16 Å². The second-order valence-electron chi connectivity index (χ2n) is 4.48. The van der Waals surface area contributed by atoms with Gasteiger partial charge in [0.15, 0.2) is 11.5 Å². The van der Waals surface area contributed by atoms with Gasteiger partial charge in [0, 0.05) is 12.8 Å². The highest BCUT2D eigenvalue weighted by atomic mass is 16.7. The lowest BCUT2D eigenvalue weighted by atomic mass is 10.0. The van der Waals surface area contributed by atoms with Crippen LogP contribution in [-0.2, 0) is 11.3 Å². The van der Waals surface area contributed by atoms with Gasteiger partial charge in [-0.05, 0) is 17.7 Å². The number of aliphatic hydroxyl groups is 1. The number of hydrogen-bond acceptors (Lipinski definition) is 6. The number of ether oxygens (including phenoxy) is 3. The smallest absolute Gasteiger partial charge is 0.231 e. The minimum atomic E-state index is -0.0546. The normalized spacial score (nSPS) is 20.1. The van der Waals surface area contributed by atoms with E-state index < -0.39 is 0 Å².